The Kier molecular flexibility index (Phi) is 7.27. The van der Waals surface area contributed by atoms with Gasteiger partial charge in [0.1, 0.15) is 6.04 Å². The van der Waals surface area contributed by atoms with Crippen molar-refractivity contribution in [1.29, 1.82) is 0 Å². The fourth-order valence-corrected chi connectivity index (χ4v) is 3.94. The number of benzene rings is 1. The highest BCUT2D eigenvalue weighted by atomic mass is 16.2. The highest BCUT2D eigenvalue weighted by Gasteiger charge is 2.22. The fraction of sp³-hybridized carbons (Fsp3) is 0.500. The molecule has 3 rings (SSSR count). The first-order valence-corrected chi connectivity index (χ1v) is 10.4. The summed E-state index contributed by atoms with van der Waals surface area (Å²) in [7, 11) is 0. The van der Waals surface area contributed by atoms with Gasteiger partial charge in [0.05, 0.1) is 0 Å². The first-order chi connectivity index (χ1) is 14.0. The second kappa shape index (κ2) is 10.1. The normalized spacial score (nSPS) is 15.6. The third kappa shape index (κ3) is 6.07. The number of H-pyrrole nitrogens is 1. The van der Waals surface area contributed by atoms with Crippen LogP contribution in [0.2, 0.25) is 0 Å². The molecule has 1 aliphatic carbocycles. The van der Waals surface area contributed by atoms with E-state index in [0.29, 0.717) is 6.42 Å². The predicted octanol–water partition coefficient (Wildman–Crippen LogP) is 2.17. The molecular formula is C22H30N4O3. The Hall–Kier alpha value is -2.83. The summed E-state index contributed by atoms with van der Waals surface area (Å²) in [4.78, 5) is 39.5. The Bertz CT molecular complexity index is 855. The lowest BCUT2D eigenvalue weighted by atomic mass is 9.95. The Morgan fingerprint density at radius 2 is 1.90 bits per heavy atom. The second-order valence-electron chi connectivity index (χ2n) is 7.76. The van der Waals surface area contributed by atoms with Crippen LogP contribution in [0.1, 0.15) is 51.0 Å². The topological polar surface area (TPSA) is 103 Å². The lowest BCUT2D eigenvalue weighted by molar-refractivity contribution is -0.128. The summed E-state index contributed by atoms with van der Waals surface area (Å²) in [6.45, 7) is 1.65. The molecule has 7 heteroatoms. The molecule has 156 valence electrons. The molecule has 2 aromatic rings. The van der Waals surface area contributed by atoms with Crippen LogP contribution >= 0.6 is 0 Å². The molecule has 1 aliphatic rings. The highest BCUT2D eigenvalue weighted by molar-refractivity contribution is 5.89. The van der Waals surface area contributed by atoms with E-state index in [1.165, 1.54) is 13.3 Å². The molecule has 0 bridgehead atoms. The minimum absolute atomic E-state index is 0.0371. The van der Waals surface area contributed by atoms with Crippen molar-refractivity contribution in [3.8, 4) is 0 Å². The first kappa shape index (κ1) is 20.9. The van der Waals surface area contributed by atoms with Gasteiger partial charge in [0, 0.05) is 49.5 Å². The third-order valence-electron chi connectivity index (χ3n) is 5.41. The van der Waals surface area contributed by atoms with Gasteiger partial charge in [0.2, 0.25) is 17.7 Å². The Labute approximate surface area is 171 Å². The number of aromatic amines is 1. The van der Waals surface area contributed by atoms with E-state index in [1.807, 2.05) is 30.5 Å². The molecule has 1 fully saturated rings. The zero-order valence-electron chi connectivity index (χ0n) is 16.9. The summed E-state index contributed by atoms with van der Waals surface area (Å²) in [6, 6.07) is 7.42. The van der Waals surface area contributed by atoms with Gasteiger partial charge in [0.25, 0.3) is 0 Å². The zero-order chi connectivity index (χ0) is 20.6. The summed E-state index contributed by atoms with van der Waals surface area (Å²) in [5, 5.41) is 9.59. The average molecular weight is 399 g/mol. The quantitative estimate of drug-likeness (QED) is 0.548. The number of rotatable bonds is 8. The van der Waals surface area contributed by atoms with E-state index in [4.69, 9.17) is 0 Å². The van der Waals surface area contributed by atoms with Crippen molar-refractivity contribution >= 4 is 28.6 Å². The number of fused-ring (bicyclic) bond motifs is 1. The van der Waals surface area contributed by atoms with Crippen molar-refractivity contribution in [1.82, 2.24) is 20.9 Å². The summed E-state index contributed by atoms with van der Waals surface area (Å²) in [5.74, 6) is -0.583. The van der Waals surface area contributed by atoms with Crippen LogP contribution in [-0.4, -0.2) is 41.3 Å². The van der Waals surface area contributed by atoms with Crippen LogP contribution in [-0.2, 0) is 20.8 Å². The maximum atomic E-state index is 12.6. The van der Waals surface area contributed by atoms with Crippen LogP contribution in [0.3, 0.4) is 0 Å². The number of aromatic nitrogens is 1. The van der Waals surface area contributed by atoms with Crippen molar-refractivity contribution in [2.45, 2.75) is 64.0 Å². The van der Waals surface area contributed by atoms with E-state index in [1.54, 1.807) is 0 Å². The summed E-state index contributed by atoms with van der Waals surface area (Å²) < 4.78 is 0. The van der Waals surface area contributed by atoms with Crippen molar-refractivity contribution in [3.05, 3.63) is 36.0 Å². The van der Waals surface area contributed by atoms with Crippen molar-refractivity contribution in [2.75, 3.05) is 6.54 Å². The average Bonchev–Trinajstić information content (AvgIpc) is 3.11. The van der Waals surface area contributed by atoms with Crippen LogP contribution < -0.4 is 16.0 Å². The molecule has 0 aliphatic heterocycles. The van der Waals surface area contributed by atoms with E-state index >= 15 is 0 Å². The van der Waals surface area contributed by atoms with E-state index in [-0.39, 0.29) is 36.7 Å². The van der Waals surface area contributed by atoms with E-state index in [9.17, 15) is 14.4 Å². The Morgan fingerprint density at radius 3 is 2.66 bits per heavy atom. The van der Waals surface area contributed by atoms with Gasteiger partial charge < -0.3 is 20.9 Å². The lowest BCUT2D eigenvalue weighted by Crippen LogP contribution is -2.48. The van der Waals surface area contributed by atoms with Gasteiger partial charge in [-0.25, -0.2) is 0 Å². The number of nitrogens with one attached hydrogen (secondary N) is 4. The SMILES string of the molecule is CC(=O)NC(Cc1c[nH]c2ccccc12)C(=O)NCCC(=O)NC1CCCCC1. The maximum absolute atomic E-state index is 12.6. The number of hydrogen-bond donors (Lipinski definition) is 4. The summed E-state index contributed by atoms with van der Waals surface area (Å²) in [6.07, 6.45) is 8.11. The number of hydrogen-bond acceptors (Lipinski definition) is 3. The highest BCUT2D eigenvalue weighted by Crippen LogP contribution is 2.19. The number of carbonyl (C=O) groups is 3. The van der Waals surface area contributed by atoms with Gasteiger partial charge in [0.15, 0.2) is 0 Å². The second-order valence-corrected chi connectivity index (χ2v) is 7.76. The van der Waals surface area contributed by atoms with Gasteiger partial charge in [-0.15, -0.1) is 0 Å². The van der Waals surface area contributed by atoms with Crippen molar-refractivity contribution in [3.63, 3.8) is 0 Å². The van der Waals surface area contributed by atoms with Gasteiger partial charge in [-0.05, 0) is 24.5 Å². The largest absolute Gasteiger partial charge is 0.361 e. The summed E-state index contributed by atoms with van der Waals surface area (Å²) in [5.41, 5.74) is 1.95. The number of carbonyl (C=O) groups excluding carboxylic acids is 3. The van der Waals surface area contributed by atoms with E-state index in [2.05, 4.69) is 20.9 Å². The summed E-state index contributed by atoms with van der Waals surface area (Å²) >= 11 is 0. The number of para-hydroxylation sites is 1. The molecule has 0 spiro atoms. The fourth-order valence-electron chi connectivity index (χ4n) is 3.94. The minimum atomic E-state index is -0.687. The maximum Gasteiger partial charge on any atom is 0.242 e. The van der Waals surface area contributed by atoms with Gasteiger partial charge in [-0.3, -0.25) is 14.4 Å². The first-order valence-electron chi connectivity index (χ1n) is 10.4. The van der Waals surface area contributed by atoms with Crippen LogP contribution in [0.25, 0.3) is 10.9 Å². The molecule has 0 saturated heterocycles. The molecule has 1 unspecified atom stereocenters. The molecule has 1 aromatic heterocycles. The zero-order valence-corrected chi connectivity index (χ0v) is 16.9. The molecule has 4 N–H and O–H groups in total. The molecule has 3 amide bonds. The van der Waals surface area contributed by atoms with Crippen LogP contribution in [0.5, 0.6) is 0 Å². The molecule has 0 radical (unpaired) electrons. The Balaban J connectivity index is 1.52. The molecule has 1 aromatic carbocycles. The Morgan fingerprint density at radius 1 is 1.14 bits per heavy atom. The molecule has 29 heavy (non-hydrogen) atoms. The van der Waals surface area contributed by atoms with E-state index < -0.39 is 6.04 Å². The molecule has 1 atom stereocenters. The van der Waals surface area contributed by atoms with Crippen LogP contribution in [0.15, 0.2) is 30.5 Å². The number of amides is 3. The standard InChI is InChI=1S/C22H30N4O3/c1-15(27)25-20(13-16-14-24-19-10-6-5-9-18(16)19)22(29)23-12-11-21(28)26-17-7-3-2-4-8-17/h5-6,9-10,14,17,20,24H,2-4,7-8,11-13H2,1H3,(H,23,29)(H,25,27)(H,26,28). The lowest BCUT2D eigenvalue weighted by Gasteiger charge is -2.23. The van der Waals surface area contributed by atoms with Crippen molar-refractivity contribution in [2.24, 2.45) is 0 Å². The predicted molar refractivity (Wildman–Crippen MR) is 112 cm³/mol. The molecule has 1 saturated carbocycles. The van der Waals surface area contributed by atoms with Gasteiger partial charge >= 0.3 is 0 Å². The van der Waals surface area contributed by atoms with Gasteiger partial charge in [-0.2, -0.15) is 0 Å². The molecular weight excluding hydrogens is 368 g/mol. The molecule has 7 nitrogen and oxygen atoms in total. The van der Waals surface area contributed by atoms with Crippen LogP contribution in [0, 0.1) is 0 Å². The third-order valence-corrected chi connectivity index (χ3v) is 5.41. The smallest absolute Gasteiger partial charge is 0.242 e. The van der Waals surface area contributed by atoms with Gasteiger partial charge in [-0.1, -0.05) is 37.5 Å². The van der Waals surface area contributed by atoms with Crippen molar-refractivity contribution < 1.29 is 14.4 Å². The van der Waals surface area contributed by atoms with Crippen LogP contribution in [0.4, 0.5) is 0 Å². The monoisotopic (exact) mass is 398 g/mol. The van der Waals surface area contributed by atoms with E-state index in [0.717, 1.165) is 42.1 Å². The molecule has 1 heterocycles. The minimum Gasteiger partial charge on any atom is -0.361 e.